The number of hydrogen-bond donors (Lipinski definition) is 1. The lowest BCUT2D eigenvalue weighted by Gasteiger charge is -2.03. The number of aryl methyl sites for hydroxylation is 1. The van der Waals surface area contributed by atoms with Gasteiger partial charge in [-0.1, -0.05) is 37.6 Å². The molecule has 0 aliphatic carbocycles. The number of hydrogen-bond acceptors (Lipinski definition) is 2. The van der Waals surface area contributed by atoms with E-state index in [1.54, 1.807) is 7.05 Å². The van der Waals surface area contributed by atoms with Gasteiger partial charge in [-0.3, -0.25) is 9.59 Å². The van der Waals surface area contributed by atoms with E-state index in [1.165, 1.54) is 5.56 Å². The maximum Gasteiger partial charge on any atom is 0.220 e. The molecule has 0 spiro atoms. The molecular weight excluding hydrogens is 214 g/mol. The van der Waals surface area contributed by atoms with E-state index in [4.69, 9.17) is 0 Å². The predicted octanol–water partition coefficient (Wildman–Crippen LogP) is 2.35. The molecule has 17 heavy (non-hydrogen) atoms. The Morgan fingerprint density at radius 1 is 1.12 bits per heavy atom. The van der Waals surface area contributed by atoms with Crippen LogP contribution in [0.2, 0.25) is 0 Å². The molecule has 1 N–H and O–H groups in total. The van der Waals surface area contributed by atoms with Crippen molar-refractivity contribution in [1.82, 2.24) is 5.32 Å². The lowest BCUT2D eigenvalue weighted by molar-refractivity contribution is -0.120. The van der Waals surface area contributed by atoms with Gasteiger partial charge >= 0.3 is 0 Å². The average Bonchev–Trinajstić information content (AvgIpc) is 2.36. The van der Waals surface area contributed by atoms with E-state index in [0.717, 1.165) is 12.8 Å². The molecule has 0 atom stereocenters. The first-order chi connectivity index (χ1) is 8.17. The summed E-state index contributed by atoms with van der Waals surface area (Å²) >= 11 is 0. The van der Waals surface area contributed by atoms with Crippen molar-refractivity contribution in [1.29, 1.82) is 0 Å². The third-order valence-electron chi connectivity index (χ3n) is 2.67. The van der Waals surface area contributed by atoms with Crippen LogP contribution in [0.1, 0.15) is 42.1 Å². The van der Waals surface area contributed by atoms with Crippen LogP contribution >= 0.6 is 0 Å². The summed E-state index contributed by atoms with van der Waals surface area (Å²) in [5.41, 5.74) is 1.93. The van der Waals surface area contributed by atoms with E-state index in [2.05, 4.69) is 12.2 Å². The Balaban J connectivity index is 2.54. The van der Waals surface area contributed by atoms with Crippen LogP contribution in [0.25, 0.3) is 0 Å². The molecule has 92 valence electrons. The second kappa shape index (κ2) is 6.84. The van der Waals surface area contributed by atoms with Crippen LogP contribution in [-0.4, -0.2) is 18.7 Å². The summed E-state index contributed by atoms with van der Waals surface area (Å²) in [7, 11) is 1.58. The zero-order valence-electron chi connectivity index (χ0n) is 10.5. The van der Waals surface area contributed by atoms with E-state index in [9.17, 15) is 9.59 Å². The molecule has 0 aliphatic heterocycles. The number of nitrogens with one attached hydrogen (secondary N) is 1. The highest BCUT2D eigenvalue weighted by molar-refractivity contribution is 5.97. The van der Waals surface area contributed by atoms with Crippen LogP contribution in [-0.2, 0) is 11.2 Å². The van der Waals surface area contributed by atoms with Crippen LogP contribution in [0.5, 0.6) is 0 Å². The molecule has 0 saturated heterocycles. The van der Waals surface area contributed by atoms with Crippen LogP contribution in [0.15, 0.2) is 24.3 Å². The molecule has 0 radical (unpaired) electrons. The van der Waals surface area contributed by atoms with Gasteiger partial charge in [-0.15, -0.1) is 0 Å². The van der Waals surface area contributed by atoms with Gasteiger partial charge in [0.25, 0.3) is 0 Å². The monoisotopic (exact) mass is 233 g/mol. The Morgan fingerprint density at radius 3 is 2.29 bits per heavy atom. The van der Waals surface area contributed by atoms with Gasteiger partial charge in [0, 0.05) is 25.5 Å². The minimum absolute atomic E-state index is 0.0247. The van der Waals surface area contributed by atoms with Crippen molar-refractivity contribution in [2.45, 2.75) is 32.6 Å². The SMILES string of the molecule is CCCc1ccc(C(=O)CCC(=O)NC)cc1. The van der Waals surface area contributed by atoms with E-state index in [1.807, 2.05) is 24.3 Å². The molecule has 3 nitrogen and oxygen atoms in total. The topological polar surface area (TPSA) is 46.2 Å². The number of benzene rings is 1. The summed E-state index contributed by atoms with van der Waals surface area (Å²) < 4.78 is 0. The Morgan fingerprint density at radius 2 is 1.76 bits per heavy atom. The van der Waals surface area contributed by atoms with Gasteiger partial charge in [0.15, 0.2) is 5.78 Å². The van der Waals surface area contributed by atoms with Crippen molar-refractivity contribution in [2.24, 2.45) is 0 Å². The molecule has 0 aromatic heterocycles. The standard InChI is InChI=1S/C14H19NO2/c1-3-4-11-5-7-12(8-6-11)13(16)9-10-14(17)15-2/h5-8H,3-4,9-10H2,1-2H3,(H,15,17). The number of amides is 1. The highest BCUT2D eigenvalue weighted by atomic mass is 16.2. The molecule has 1 aromatic rings. The maximum atomic E-state index is 11.8. The molecule has 0 fully saturated rings. The largest absolute Gasteiger partial charge is 0.359 e. The third-order valence-corrected chi connectivity index (χ3v) is 2.67. The second-order valence-corrected chi connectivity index (χ2v) is 4.04. The zero-order valence-corrected chi connectivity index (χ0v) is 10.5. The smallest absolute Gasteiger partial charge is 0.220 e. The molecule has 0 aliphatic rings. The van der Waals surface area contributed by atoms with Gasteiger partial charge < -0.3 is 5.32 Å². The molecule has 0 bridgehead atoms. The molecule has 0 heterocycles. The van der Waals surface area contributed by atoms with Gasteiger partial charge in [0.1, 0.15) is 0 Å². The van der Waals surface area contributed by atoms with Gasteiger partial charge in [-0.05, 0) is 12.0 Å². The fourth-order valence-electron chi connectivity index (χ4n) is 1.64. The number of Topliss-reactive ketones (excluding diaryl/α,β-unsaturated/α-hetero) is 1. The van der Waals surface area contributed by atoms with Crippen molar-refractivity contribution in [2.75, 3.05) is 7.05 Å². The highest BCUT2D eigenvalue weighted by Gasteiger charge is 2.08. The van der Waals surface area contributed by atoms with Crippen LogP contribution in [0.4, 0.5) is 0 Å². The van der Waals surface area contributed by atoms with Gasteiger partial charge in [-0.25, -0.2) is 0 Å². The van der Waals surface area contributed by atoms with Crippen LogP contribution in [0, 0.1) is 0 Å². The Hall–Kier alpha value is -1.64. The Labute approximate surface area is 102 Å². The van der Waals surface area contributed by atoms with Crippen molar-refractivity contribution in [3.8, 4) is 0 Å². The predicted molar refractivity (Wildman–Crippen MR) is 68.1 cm³/mol. The Kier molecular flexibility index (Phi) is 5.40. The van der Waals surface area contributed by atoms with Crippen molar-refractivity contribution >= 4 is 11.7 Å². The fraction of sp³-hybridized carbons (Fsp3) is 0.429. The summed E-state index contributed by atoms with van der Waals surface area (Å²) in [6.45, 7) is 2.13. The molecule has 1 rings (SSSR count). The number of carbonyl (C=O) groups is 2. The molecule has 1 aromatic carbocycles. The third kappa shape index (κ3) is 4.39. The van der Waals surface area contributed by atoms with Crippen molar-refractivity contribution < 1.29 is 9.59 Å². The first-order valence-corrected chi connectivity index (χ1v) is 6.00. The van der Waals surface area contributed by atoms with E-state index >= 15 is 0 Å². The molecule has 1 amide bonds. The maximum absolute atomic E-state index is 11.8. The summed E-state index contributed by atoms with van der Waals surface area (Å²) in [6.07, 6.45) is 2.66. The molecule has 0 saturated carbocycles. The second-order valence-electron chi connectivity index (χ2n) is 4.04. The average molecular weight is 233 g/mol. The molecule has 3 heteroatoms. The van der Waals surface area contributed by atoms with Crippen molar-refractivity contribution in [3.63, 3.8) is 0 Å². The minimum Gasteiger partial charge on any atom is -0.359 e. The van der Waals surface area contributed by atoms with E-state index < -0.39 is 0 Å². The first kappa shape index (κ1) is 13.4. The van der Waals surface area contributed by atoms with Gasteiger partial charge in [0.2, 0.25) is 5.91 Å². The quantitative estimate of drug-likeness (QED) is 0.767. The van der Waals surface area contributed by atoms with Crippen LogP contribution < -0.4 is 5.32 Å². The summed E-state index contributed by atoms with van der Waals surface area (Å²) in [6, 6.07) is 7.65. The number of carbonyl (C=O) groups excluding carboxylic acids is 2. The van der Waals surface area contributed by atoms with E-state index in [0.29, 0.717) is 5.56 Å². The lowest BCUT2D eigenvalue weighted by atomic mass is 10.0. The summed E-state index contributed by atoms with van der Waals surface area (Å²) in [4.78, 5) is 22.8. The lowest BCUT2D eigenvalue weighted by Crippen LogP contribution is -2.18. The van der Waals surface area contributed by atoms with Crippen molar-refractivity contribution in [3.05, 3.63) is 35.4 Å². The number of ketones is 1. The first-order valence-electron chi connectivity index (χ1n) is 6.00. The van der Waals surface area contributed by atoms with Gasteiger partial charge in [0.05, 0.1) is 0 Å². The number of rotatable bonds is 6. The molecule has 0 unspecified atom stereocenters. The fourth-order valence-corrected chi connectivity index (χ4v) is 1.64. The van der Waals surface area contributed by atoms with Gasteiger partial charge in [-0.2, -0.15) is 0 Å². The highest BCUT2D eigenvalue weighted by Crippen LogP contribution is 2.09. The van der Waals surface area contributed by atoms with Crippen LogP contribution in [0.3, 0.4) is 0 Å². The minimum atomic E-state index is -0.0963. The Bertz CT molecular complexity index is 382. The summed E-state index contributed by atoms with van der Waals surface area (Å²) in [5.74, 6) is -0.0717. The van der Waals surface area contributed by atoms with E-state index in [-0.39, 0.29) is 24.5 Å². The molecular formula is C14H19NO2. The zero-order chi connectivity index (χ0) is 12.7. The normalized spacial score (nSPS) is 10.0. The summed E-state index contributed by atoms with van der Waals surface area (Å²) in [5, 5.41) is 2.51.